The first-order chi connectivity index (χ1) is 22.0. The van der Waals surface area contributed by atoms with Crippen LogP contribution in [-0.4, -0.2) is 72.6 Å². The van der Waals surface area contributed by atoms with Crippen LogP contribution in [0.3, 0.4) is 0 Å². The monoisotopic (exact) mass is 653 g/mol. The van der Waals surface area contributed by atoms with Gasteiger partial charge in [0.05, 0.1) is 34.5 Å². The molecule has 2 aromatic rings. The summed E-state index contributed by atoms with van der Waals surface area (Å²) in [6.07, 6.45) is 8.90. The van der Waals surface area contributed by atoms with Crippen LogP contribution in [0.25, 0.3) is 11.5 Å². The topological polar surface area (TPSA) is 177 Å². The van der Waals surface area contributed by atoms with Crippen molar-refractivity contribution in [3.63, 3.8) is 0 Å². The number of aryl methyl sites for hydroxylation is 1. The lowest BCUT2D eigenvalue weighted by Crippen LogP contribution is -2.54. The number of hydrogen-bond donors (Lipinski definition) is 3. The number of oxazole rings is 1. The Morgan fingerprint density at radius 2 is 1.93 bits per heavy atom. The smallest absolute Gasteiger partial charge is 0.411 e. The fourth-order valence-electron chi connectivity index (χ4n) is 6.49. The number of carbonyl (C=O) groups is 4. The van der Waals surface area contributed by atoms with Crippen LogP contribution in [0.4, 0.5) is 10.5 Å². The largest absolute Gasteiger partial charge is 0.446 e. The zero-order valence-electron chi connectivity index (χ0n) is 25.9. The molecule has 4 amide bonds. The van der Waals surface area contributed by atoms with Crippen molar-refractivity contribution in [1.82, 2.24) is 19.9 Å². The van der Waals surface area contributed by atoms with Gasteiger partial charge in [0, 0.05) is 19.5 Å². The van der Waals surface area contributed by atoms with Crippen LogP contribution in [0.1, 0.15) is 56.9 Å². The minimum absolute atomic E-state index is 0.0580. The van der Waals surface area contributed by atoms with E-state index in [0.29, 0.717) is 36.5 Å². The number of nitrogens with one attached hydrogen (secondary N) is 3. The second-order valence-electron chi connectivity index (χ2n) is 12.9. The fraction of sp³-hybridized carbons (Fsp3) is 0.531. The lowest BCUT2D eigenvalue weighted by molar-refractivity contribution is -0.140. The number of fused-ring (bicyclic) bond motifs is 2. The van der Waals surface area contributed by atoms with Crippen molar-refractivity contribution in [3.8, 4) is 11.5 Å². The molecule has 46 heavy (non-hydrogen) atoms. The minimum Gasteiger partial charge on any atom is -0.446 e. The lowest BCUT2D eigenvalue weighted by Gasteiger charge is -2.26. The molecule has 6 rings (SSSR count). The van der Waals surface area contributed by atoms with Crippen molar-refractivity contribution >= 4 is 39.5 Å². The molecular formula is C32H39N5O8S. The summed E-state index contributed by atoms with van der Waals surface area (Å²) >= 11 is 0. The molecule has 1 aliphatic heterocycles. The third kappa shape index (κ3) is 6.67. The van der Waals surface area contributed by atoms with Crippen molar-refractivity contribution in [3.05, 3.63) is 48.4 Å². The molecule has 3 aliphatic carbocycles. The summed E-state index contributed by atoms with van der Waals surface area (Å²) in [5, 5.41) is 4.99. The number of anilines is 1. The third-order valence-corrected chi connectivity index (χ3v) is 11.2. The van der Waals surface area contributed by atoms with Crippen molar-refractivity contribution < 1.29 is 36.7 Å². The van der Waals surface area contributed by atoms with E-state index in [-0.39, 0.29) is 31.1 Å². The van der Waals surface area contributed by atoms with Crippen LogP contribution in [0, 0.1) is 24.7 Å². The van der Waals surface area contributed by atoms with Crippen molar-refractivity contribution in [2.45, 2.75) is 75.2 Å². The van der Waals surface area contributed by atoms with Crippen LogP contribution in [0.15, 0.2) is 47.2 Å². The summed E-state index contributed by atoms with van der Waals surface area (Å²) in [6, 6.07) is 5.39. The molecule has 5 atom stereocenters. The van der Waals surface area contributed by atoms with Gasteiger partial charge < -0.3 is 19.4 Å². The molecule has 0 unspecified atom stereocenters. The number of hydrogen-bond acceptors (Lipinski definition) is 9. The van der Waals surface area contributed by atoms with Gasteiger partial charge in [-0.1, -0.05) is 18.2 Å². The Bertz CT molecular complexity index is 1650. The van der Waals surface area contributed by atoms with Gasteiger partial charge in [0.1, 0.15) is 17.9 Å². The standard InChI is InChI=1S/C32H39N5O8S/c1-19-8-11-23(28-33-12-14-44-28)26(15-19)34-31(41)45-21-16-24-25(17-21)29(39)37(2)13-6-4-3-5-7-20-18-32(20,35-27(24)38)30(40)36-46(42,43)22-9-10-22/h5,7-8,11-12,14-15,20-22,24-25H,3-4,6,9-10,13,16-18H2,1-2H3,(H,34,41)(H,35,38)(H,36,40)/t20-,21-,24-,25-,32-/m1/s1. The highest BCUT2D eigenvalue weighted by Crippen LogP contribution is 2.47. The predicted octanol–water partition coefficient (Wildman–Crippen LogP) is 3.28. The highest BCUT2D eigenvalue weighted by Gasteiger charge is 2.62. The molecule has 3 saturated carbocycles. The van der Waals surface area contributed by atoms with E-state index in [1.54, 1.807) is 24.1 Å². The Morgan fingerprint density at radius 1 is 1.15 bits per heavy atom. The lowest BCUT2D eigenvalue weighted by atomic mass is 9.93. The number of allylic oxidation sites excluding steroid dienone is 1. The summed E-state index contributed by atoms with van der Waals surface area (Å²) in [5.41, 5.74) is 0.442. The molecule has 0 bridgehead atoms. The first kappa shape index (κ1) is 31.8. The first-order valence-electron chi connectivity index (χ1n) is 15.7. The number of nitrogens with zero attached hydrogens (tertiary/aromatic N) is 2. The summed E-state index contributed by atoms with van der Waals surface area (Å²) in [7, 11) is -2.15. The summed E-state index contributed by atoms with van der Waals surface area (Å²) in [5.74, 6) is -3.30. The number of benzene rings is 1. The van der Waals surface area contributed by atoms with Crippen LogP contribution in [0.2, 0.25) is 0 Å². The molecule has 0 radical (unpaired) electrons. The number of sulfonamides is 1. The normalized spacial score (nSPS) is 28.3. The first-order valence-corrected chi connectivity index (χ1v) is 17.3. The van der Waals surface area contributed by atoms with Crippen molar-refractivity contribution in [1.29, 1.82) is 0 Å². The van der Waals surface area contributed by atoms with E-state index in [2.05, 4.69) is 20.3 Å². The third-order valence-electron chi connectivity index (χ3n) is 9.34. The molecular weight excluding hydrogens is 614 g/mol. The summed E-state index contributed by atoms with van der Waals surface area (Å²) in [6.45, 7) is 2.38. The number of carbonyl (C=O) groups excluding carboxylic acids is 4. The number of rotatable bonds is 6. The zero-order valence-corrected chi connectivity index (χ0v) is 26.7. The van der Waals surface area contributed by atoms with Crippen molar-refractivity contribution in [2.24, 2.45) is 17.8 Å². The van der Waals surface area contributed by atoms with Crippen LogP contribution in [-0.2, 0) is 29.1 Å². The highest BCUT2D eigenvalue weighted by molar-refractivity contribution is 7.91. The Labute approximate surface area is 267 Å². The molecule has 13 nitrogen and oxygen atoms in total. The van der Waals surface area contributed by atoms with E-state index in [4.69, 9.17) is 9.15 Å². The van der Waals surface area contributed by atoms with E-state index >= 15 is 0 Å². The van der Waals surface area contributed by atoms with Gasteiger partial charge in [-0.3, -0.25) is 24.4 Å². The minimum atomic E-state index is -3.84. The Balaban J connectivity index is 1.20. The SMILES string of the molecule is Cc1ccc(-c2ncco2)c(NC(=O)O[C@@H]2C[C@H]3C(=O)N[C@]4(C(=O)NS(=O)(=O)C5CC5)C[C@H]4C=CCCCCN(C)C(=O)[C@@H]3C2)c1. The van der Waals surface area contributed by atoms with Gasteiger partial charge in [-0.15, -0.1) is 0 Å². The number of amides is 4. The van der Waals surface area contributed by atoms with E-state index in [0.717, 1.165) is 24.8 Å². The fourth-order valence-corrected chi connectivity index (χ4v) is 7.85. The molecule has 1 aromatic heterocycles. The molecule has 4 aliphatic rings. The Kier molecular flexibility index (Phi) is 8.66. The quantitative estimate of drug-likeness (QED) is 0.395. The van der Waals surface area contributed by atoms with E-state index in [9.17, 15) is 27.6 Å². The maximum atomic E-state index is 13.9. The molecule has 3 fully saturated rings. The molecule has 0 spiro atoms. The molecule has 0 saturated heterocycles. The second-order valence-corrected chi connectivity index (χ2v) is 14.8. The van der Waals surface area contributed by atoms with Crippen molar-refractivity contribution in [2.75, 3.05) is 18.9 Å². The van der Waals surface area contributed by atoms with Crippen LogP contribution >= 0.6 is 0 Å². The van der Waals surface area contributed by atoms with E-state index in [1.165, 1.54) is 12.5 Å². The van der Waals surface area contributed by atoms with Gasteiger partial charge >= 0.3 is 6.09 Å². The molecule has 2 heterocycles. The maximum absolute atomic E-state index is 13.9. The highest BCUT2D eigenvalue weighted by atomic mass is 32.2. The number of ether oxygens (including phenoxy) is 1. The summed E-state index contributed by atoms with van der Waals surface area (Å²) in [4.78, 5) is 59.9. The average molecular weight is 654 g/mol. The van der Waals surface area contributed by atoms with Crippen LogP contribution in [0.5, 0.6) is 0 Å². The van der Waals surface area contributed by atoms with Gasteiger partial charge in [0.2, 0.25) is 27.7 Å². The molecule has 1 aromatic carbocycles. The van der Waals surface area contributed by atoms with Gasteiger partial charge in [0.25, 0.3) is 5.91 Å². The Morgan fingerprint density at radius 3 is 2.67 bits per heavy atom. The summed E-state index contributed by atoms with van der Waals surface area (Å²) < 4.78 is 38.6. The van der Waals surface area contributed by atoms with Gasteiger partial charge in [-0.25, -0.2) is 18.2 Å². The predicted molar refractivity (Wildman–Crippen MR) is 166 cm³/mol. The molecule has 246 valence electrons. The van der Waals surface area contributed by atoms with Gasteiger partial charge in [-0.05, 0) is 76.0 Å². The second kappa shape index (κ2) is 12.5. The maximum Gasteiger partial charge on any atom is 0.411 e. The molecule has 3 N–H and O–H groups in total. The van der Waals surface area contributed by atoms with E-state index < -0.39 is 56.7 Å². The zero-order chi connectivity index (χ0) is 32.6. The Hall–Kier alpha value is -4.20. The number of aromatic nitrogens is 1. The van der Waals surface area contributed by atoms with Gasteiger partial charge in [0.15, 0.2) is 0 Å². The van der Waals surface area contributed by atoms with Crippen LogP contribution < -0.4 is 15.4 Å². The average Bonchev–Trinajstić information content (AvgIpc) is 3.87. The molecule has 14 heteroatoms. The van der Waals surface area contributed by atoms with Gasteiger partial charge in [-0.2, -0.15) is 0 Å². The van der Waals surface area contributed by atoms with E-state index in [1.807, 2.05) is 25.1 Å².